The second-order valence-electron chi connectivity index (χ2n) is 9.26. The summed E-state index contributed by atoms with van der Waals surface area (Å²) < 4.78 is 0. The second kappa shape index (κ2) is 8.50. The lowest BCUT2D eigenvalue weighted by atomic mass is 9.48. The van der Waals surface area contributed by atoms with E-state index in [9.17, 15) is 0 Å². The Morgan fingerprint density at radius 2 is 0.879 bits per heavy atom. The van der Waals surface area contributed by atoms with Crippen LogP contribution in [0.1, 0.15) is 36.1 Å². The minimum Gasteiger partial charge on any atom is -0.325 e. The first-order valence-electron chi connectivity index (χ1n) is 11.8. The summed E-state index contributed by atoms with van der Waals surface area (Å²) in [6.45, 7) is 4.58. The fourth-order valence-electron chi connectivity index (χ4n) is 6.37. The summed E-state index contributed by atoms with van der Waals surface area (Å²) in [7, 11) is 0. The molecule has 0 heterocycles. The molecule has 1 aliphatic rings. The van der Waals surface area contributed by atoms with Crippen LogP contribution in [-0.2, 0) is 10.8 Å². The SMILES string of the molecule is CC1=CC(C)C(c2ccccc2)(c2ccccc2)C(N)C1(c1ccccc1)c1ccccc1. The Morgan fingerprint density at radius 1 is 0.545 bits per heavy atom. The highest BCUT2D eigenvalue weighted by molar-refractivity contribution is 5.59. The normalized spacial score (nSPS) is 21.2. The molecular formula is C32H31N. The molecular weight excluding hydrogens is 398 g/mol. The number of allylic oxidation sites excluding steroid dienone is 1. The summed E-state index contributed by atoms with van der Waals surface area (Å²) in [6.07, 6.45) is 2.46. The summed E-state index contributed by atoms with van der Waals surface area (Å²) in [4.78, 5) is 0. The summed E-state index contributed by atoms with van der Waals surface area (Å²) in [6, 6.07) is 43.1. The fraction of sp³-hybridized carbons (Fsp3) is 0.188. The van der Waals surface area contributed by atoms with Crippen molar-refractivity contribution in [2.45, 2.75) is 30.7 Å². The molecule has 4 aromatic rings. The lowest BCUT2D eigenvalue weighted by Crippen LogP contribution is -2.64. The zero-order valence-corrected chi connectivity index (χ0v) is 19.4. The highest BCUT2D eigenvalue weighted by Crippen LogP contribution is 2.56. The molecule has 164 valence electrons. The average Bonchev–Trinajstić information content (AvgIpc) is 2.87. The van der Waals surface area contributed by atoms with E-state index in [0.717, 1.165) is 0 Å². The lowest BCUT2D eigenvalue weighted by molar-refractivity contribution is 0.242. The molecule has 2 atom stereocenters. The third-order valence-electron chi connectivity index (χ3n) is 7.76. The number of hydrogen-bond donors (Lipinski definition) is 1. The maximum atomic E-state index is 7.66. The molecule has 1 heteroatoms. The van der Waals surface area contributed by atoms with Crippen LogP contribution in [0.4, 0.5) is 0 Å². The molecule has 4 aromatic carbocycles. The molecule has 5 rings (SSSR count). The van der Waals surface area contributed by atoms with Crippen LogP contribution in [0.15, 0.2) is 133 Å². The average molecular weight is 430 g/mol. The van der Waals surface area contributed by atoms with Crippen molar-refractivity contribution in [2.24, 2.45) is 11.7 Å². The van der Waals surface area contributed by atoms with Gasteiger partial charge in [-0.05, 0) is 35.1 Å². The van der Waals surface area contributed by atoms with Crippen molar-refractivity contribution in [1.29, 1.82) is 0 Å². The standard InChI is InChI=1S/C32H31N/c1-24-23-25(2)32(28-19-11-5-12-20-28,29-21-13-6-14-22-29)30(33)31(24,26-15-7-3-8-16-26)27-17-9-4-10-18-27/h3-24,30H,33H2,1-2H3. The van der Waals surface area contributed by atoms with E-state index in [4.69, 9.17) is 5.73 Å². The van der Waals surface area contributed by atoms with Gasteiger partial charge in [0.1, 0.15) is 0 Å². The largest absolute Gasteiger partial charge is 0.325 e. The van der Waals surface area contributed by atoms with Gasteiger partial charge in [-0.25, -0.2) is 0 Å². The van der Waals surface area contributed by atoms with Crippen LogP contribution < -0.4 is 5.73 Å². The molecule has 0 saturated carbocycles. The minimum absolute atomic E-state index is 0.220. The van der Waals surface area contributed by atoms with Gasteiger partial charge in [0.2, 0.25) is 0 Å². The van der Waals surface area contributed by atoms with E-state index in [1.165, 1.54) is 27.8 Å². The fourth-order valence-corrected chi connectivity index (χ4v) is 6.37. The van der Waals surface area contributed by atoms with Gasteiger partial charge in [-0.15, -0.1) is 0 Å². The lowest BCUT2D eigenvalue weighted by Gasteiger charge is -2.57. The topological polar surface area (TPSA) is 26.0 Å². The third kappa shape index (κ3) is 3.11. The Balaban J connectivity index is 1.91. The van der Waals surface area contributed by atoms with Crippen molar-refractivity contribution >= 4 is 0 Å². The quantitative estimate of drug-likeness (QED) is 0.352. The van der Waals surface area contributed by atoms with Crippen molar-refractivity contribution in [2.75, 3.05) is 0 Å². The van der Waals surface area contributed by atoms with E-state index < -0.39 is 10.8 Å². The summed E-state index contributed by atoms with van der Waals surface area (Å²) in [5, 5.41) is 0. The van der Waals surface area contributed by atoms with Crippen molar-refractivity contribution in [3.05, 3.63) is 155 Å². The smallest absolute Gasteiger partial charge is 0.0571 e. The third-order valence-corrected chi connectivity index (χ3v) is 7.76. The van der Waals surface area contributed by atoms with E-state index in [1.54, 1.807) is 0 Å². The van der Waals surface area contributed by atoms with Gasteiger partial charge in [0, 0.05) is 11.5 Å². The van der Waals surface area contributed by atoms with Crippen LogP contribution in [0.2, 0.25) is 0 Å². The van der Waals surface area contributed by atoms with Gasteiger partial charge in [-0.3, -0.25) is 0 Å². The maximum absolute atomic E-state index is 7.66. The van der Waals surface area contributed by atoms with Gasteiger partial charge < -0.3 is 5.73 Å². The molecule has 0 amide bonds. The van der Waals surface area contributed by atoms with E-state index in [-0.39, 0.29) is 12.0 Å². The Labute approximate surface area is 197 Å². The molecule has 0 aliphatic heterocycles. The first-order chi connectivity index (χ1) is 16.1. The van der Waals surface area contributed by atoms with Crippen LogP contribution >= 0.6 is 0 Å². The van der Waals surface area contributed by atoms with Crippen molar-refractivity contribution in [3.63, 3.8) is 0 Å². The van der Waals surface area contributed by atoms with Crippen molar-refractivity contribution in [1.82, 2.24) is 0 Å². The van der Waals surface area contributed by atoms with Crippen LogP contribution in [0.3, 0.4) is 0 Å². The molecule has 0 fully saturated rings. The van der Waals surface area contributed by atoms with Gasteiger partial charge in [0.15, 0.2) is 0 Å². The highest BCUT2D eigenvalue weighted by Gasteiger charge is 2.58. The first kappa shape index (κ1) is 21.4. The van der Waals surface area contributed by atoms with E-state index in [1.807, 2.05) is 0 Å². The van der Waals surface area contributed by atoms with Crippen LogP contribution in [0.5, 0.6) is 0 Å². The molecule has 0 saturated heterocycles. The number of nitrogens with two attached hydrogens (primary N) is 1. The maximum Gasteiger partial charge on any atom is 0.0571 e. The predicted octanol–water partition coefficient (Wildman–Crippen LogP) is 6.88. The number of benzene rings is 4. The Hall–Kier alpha value is -3.42. The van der Waals surface area contributed by atoms with Gasteiger partial charge in [-0.2, -0.15) is 0 Å². The molecule has 0 spiro atoms. The Kier molecular flexibility index (Phi) is 5.52. The molecule has 2 unspecified atom stereocenters. The molecule has 0 aromatic heterocycles. The van der Waals surface area contributed by atoms with Crippen LogP contribution in [-0.4, -0.2) is 6.04 Å². The summed E-state index contributed by atoms with van der Waals surface area (Å²) >= 11 is 0. The summed E-state index contributed by atoms with van der Waals surface area (Å²) in [5.41, 5.74) is 13.1. The van der Waals surface area contributed by atoms with Gasteiger partial charge in [0.25, 0.3) is 0 Å². The number of hydrogen-bond acceptors (Lipinski definition) is 1. The van der Waals surface area contributed by atoms with Gasteiger partial charge >= 0.3 is 0 Å². The Morgan fingerprint density at radius 3 is 1.24 bits per heavy atom. The number of rotatable bonds is 4. The summed E-state index contributed by atoms with van der Waals surface area (Å²) in [5.74, 6) is 0.220. The highest BCUT2D eigenvalue weighted by atomic mass is 14.8. The van der Waals surface area contributed by atoms with Crippen LogP contribution in [0.25, 0.3) is 0 Å². The van der Waals surface area contributed by atoms with Gasteiger partial charge in [-0.1, -0.05) is 140 Å². The molecule has 1 nitrogen and oxygen atoms in total. The molecule has 0 radical (unpaired) electrons. The molecule has 0 bridgehead atoms. The zero-order valence-electron chi connectivity index (χ0n) is 19.4. The molecule has 33 heavy (non-hydrogen) atoms. The monoisotopic (exact) mass is 429 g/mol. The van der Waals surface area contributed by atoms with E-state index in [2.05, 4.69) is 141 Å². The van der Waals surface area contributed by atoms with Crippen LogP contribution in [0, 0.1) is 5.92 Å². The minimum atomic E-state index is -0.458. The molecule has 2 N–H and O–H groups in total. The Bertz CT molecular complexity index is 1150. The van der Waals surface area contributed by atoms with Crippen molar-refractivity contribution < 1.29 is 0 Å². The van der Waals surface area contributed by atoms with E-state index >= 15 is 0 Å². The second-order valence-corrected chi connectivity index (χ2v) is 9.26. The predicted molar refractivity (Wildman–Crippen MR) is 138 cm³/mol. The van der Waals surface area contributed by atoms with Crippen molar-refractivity contribution in [3.8, 4) is 0 Å². The zero-order chi connectivity index (χ0) is 22.9. The first-order valence-corrected chi connectivity index (χ1v) is 11.8. The van der Waals surface area contributed by atoms with Gasteiger partial charge in [0.05, 0.1) is 5.41 Å². The van der Waals surface area contributed by atoms with E-state index in [0.29, 0.717) is 0 Å². The molecule has 1 aliphatic carbocycles.